The quantitative estimate of drug-likeness (QED) is 0.702. The number of hydrogen-bond acceptors (Lipinski definition) is 2. The number of rotatable bonds is 1. The van der Waals surface area contributed by atoms with Crippen molar-refractivity contribution >= 4 is 0 Å². The summed E-state index contributed by atoms with van der Waals surface area (Å²) in [6.07, 6.45) is 4.95. The number of hydrogen-bond donors (Lipinski definition) is 0. The van der Waals surface area contributed by atoms with Crippen molar-refractivity contribution in [1.29, 1.82) is 0 Å². The maximum Gasteiger partial charge on any atom is 0.158 e. The Morgan fingerprint density at radius 3 is 2.44 bits per heavy atom. The topological polar surface area (TPSA) is 18.5 Å². The van der Waals surface area contributed by atoms with Gasteiger partial charge in [-0.25, -0.2) is 0 Å². The summed E-state index contributed by atoms with van der Waals surface area (Å²) in [4.78, 5) is 0. The molecule has 1 spiro atoms. The molecule has 3 aliphatic rings. The summed E-state index contributed by atoms with van der Waals surface area (Å²) in [6, 6.07) is 0. The van der Waals surface area contributed by atoms with Crippen molar-refractivity contribution in [2.24, 2.45) is 22.7 Å². The molecule has 0 aromatic carbocycles. The van der Waals surface area contributed by atoms with Gasteiger partial charge in [0.25, 0.3) is 0 Å². The molecule has 18 heavy (non-hydrogen) atoms. The predicted molar refractivity (Wildman–Crippen MR) is 72.2 cm³/mol. The molecule has 0 amide bonds. The van der Waals surface area contributed by atoms with E-state index in [0.717, 1.165) is 18.9 Å². The SMILES string of the molecule is CC[C@H]1OC[C@H](C)[C@]2(C[C@H]3CCC2(C)C3(C)C)O1. The van der Waals surface area contributed by atoms with Crippen LogP contribution in [0.1, 0.15) is 60.3 Å². The molecule has 2 nitrogen and oxygen atoms in total. The first-order valence-electron chi connectivity index (χ1n) is 7.67. The van der Waals surface area contributed by atoms with Crippen LogP contribution in [0.3, 0.4) is 0 Å². The lowest BCUT2D eigenvalue weighted by Crippen LogP contribution is -2.59. The van der Waals surface area contributed by atoms with Crippen molar-refractivity contribution in [3.8, 4) is 0 Å². The van der Waals surface area contributed by atoms with Gasteiger partial charge >= 0.3 is 0 Å². The van der Waals surface area contributed by atoms with E-state index < -0.39 is 0 Å². The molecule has 0 radical (unpaired) electrons. The molecule has 0 aromatic rings. The van der Waals surface area contributed by atoms with Gasteiger partial charge in [-0.15, -0.1) is 0 Å². The Morgan fingerprint density at radius 1 is 1.22 bits per heavy atom. The first-order valence-corrected chi connectivity index (χ1v) is 7.67. The molecular weight excluding hydrogens is 224 g/mol. The van der Waals surface area contributed by atoms with E-state index in [1.165, 1.54) is 19.3 Å². The van der Waals surface area contributed by atoms with Gasteiger partial charge in [0.05, 0.1) is 12.2 Å². The van der Waals surface area contributed by atoms with Crippen LogP contribution in [-0.2, 0) is 9.47 Å². The highest BCUT2D eigenvalue weighted by atomic mass is 16.7. The van der Waals surface area contributed by atoms with Gasteiger partial charge < -0.3 is 9.47 Å². The zero-order chi connectivity index (χ0) is 13.2. The van der Waals surface area contributed by atoms with Gasteiger partial charge in [-0.3, -0.25) is 0 Å². The second-order valence-corrected chi connectivity index (χ2v) is 7.57. The van der Waals surface area contributed by atoms with Crippen LogP contribution in [-0.4, -0.2) is 18.5 Å². The minimum Gasteiger partial charge on any atom is -0.352 e. The lowest BCUT2D eigenvalue weighted by molar-refractivity contribution is -0.314. The lowest BCUT2D eigenvalue weighted by Gasteiger charge is -2.55. The highest BCUT2D eigenvalue weighted by Crippen LogP contribution is 2.73. The van der Waals surface area contributed by atoms with Crippen LogP contribution < -0.4 is 0 Å². The largest absolute Gasteiger partial charge is 0.352 e. The van der Waals surface area contributed by atoms with Crippen LogP contribution >= 0.6 is 0 Å². The molecule has 1 unspecified atom stereocenters. The summed E-state index contributed by atoms with van der Waals surface area (Å²) in [5.41, 5.74) is 0.802. The molecule has 2 saturated carbocycles. The fraction of sp³-hybridized carbons (Fsp3) is 1.00. The van der Waals surface area contributed by atoms with Gasteiger partial charge in [-0.05, 0) is 37.0 Å². The highest BCUT2D eigenvalue weighted by molar-refractivity contribution is 5.20. The summed E-state index contributed by atoms with van der Waals surface area (Å²) >= 11 is 0. The molecule has 0 aromatic heterocycles. The van der Waals surface area contributed by atoms with Crippen molar-refractivity contribution in [1.82, 2.24) is 0 Å². The zero-order valence-corrected chi connectivity index (χ0v) is 12.6. The normalized spacial score (nSPS) is 54.2. The highest BCUT2D eigenvalue weighted by Gasteiger charge is 2.71. The Bertz CT molecular complexity index is 351. The van der Waals surface area contributed by atoms with Crippen LogP contribution in [0.2, 0.25) is 0 Å². The van der Waals surface area contributed by atoms with Crippen molar-refractivity contribution in [3.63, 3.8) is 0 Å². The molecule has 1 aliphatic heterocycles. The first-order chi connectivity index (χ1) is 8.37. The predicted octanol–water partition coefficient (Wildman–Crippen LogP) is 3.99. The van der Waals surface area contributed by atoms with Crippen molar-refractivity contribution < 1.29 is 9.47 Å². The standard InChI is InChI=1S/C16H28O2/c1-6-13-17-10-11(2)16(18-13)9-12-7-8-15(16,5)14(12,3)4/h11-13H,6-10H2,1-5H3/t11-,12+,13-,15?,16-/m0/s1. The lowest BCUT2D eigenvalue weighted by atomic mass is 9.60. The van der Waals surface area contributed by atoms with Crippen LogP contribution in [0.4, 0.5) is 0 Å². The molecular formula is C16H28O2. The van der Waals surface area contributed by atoms with Gasteiger partial charge in [0.2, 0.25) is 0 Å². The molecule has 2 aliphatic carbocycles. The Hall–Kier alpha value is -0.0800. The Kier molecular flexibility index (Phi) is 2.68. The van der Waals surface area contributed by atoms with Crippen LogP contribution in [0, 0.1) is 22.7 Å². The van der Waals surface area contributed by atoms with E-state index in [1.54, 1.807) is 0 Å². The third-order valence-electron chi connectivity index (χ3n) is 6.92. The first kappa shape index (κ1) is 12.9. The fourth-order valence-corrected chi connectivity index (χ4v) is 5.20. The summed E-state index contributed by atoms with van der Waals surface area (Å²) < 4.78 is 12.4. The van der Waals surface area contributed by atoms with Gasteiger partial charge in [0.1, 0.15) is 0 Å². The Balaban J connectivity index is 2.00. The molecule has 2 bridgehead atoms. The van der Waals surface area contributed by atoms with E-state index in [-0.39, 0.29) is 11.9 Å². The van der Waals surface area contributed by atoms with E-state index in [0.29, 0.717) is 16.7 Å². The number of fused-ring (bicyclic) bond motifs is 3. The zero-order valence-electron chi connectivity index (χ0n) is 12.6. The van der Waals surface area contributed by atoms with Crippen molar-refractivity contribution in [2.45, 2.75) is 72.2 Å². The van der Waals surface area contributed by atoms with E-state index in [4.69, 9.17) is 9.47 Å². The maximum atomic E-state index is 6.55. The van der Waals surface area contributed by atoms with Gasteiger partial charge in [-0.1, -0.05) is 34.6 Å². The van der Waals surface area contributed by atoms with Gasteiger partial charge in [0.15, 0.2) is 6.29 Å². The van der Waals surface area contributed by atoms with Gasteiger partial charge in [0, 0.05) is 11.3 Å². The summed E-state index contributed by atoms with van der Waals surface area (Å²) in [7, 11) is 0. The van der Waals surface area contributed by atoms with Crippen LogP contribution in [0.5, 0.6) is 0 Å². The Morgan fingerprint density at radius 2 is 1.94 bits per heavy atom. The van der Waals surface area contributed by atoms with E-state index in [2.05, 4.69) is 34.6 Å². The van der Waals surface area contributed by atoms with E-state index in [1.807, 2.05) is 0 Å². The Labute approximate surface area is 111 Å². The van der Waals surface area contributed by atoms with E-state index >= 15 is 0 Å². The molecule has 0 N–H and O–H groups in total. The smallest absolute Gasteiger partial charge is 0.158 e. The monoisotopic (exact) mass is 252 g/mol. The summed E-state index contributed by atoms with van der Waals surface area (Å²) in [6.45, 7) is 12.8. The molecule has 5 atom stereocenters. The number of ether oxygens (including phenoxy) is 2. The average Bonchev–Trinajstić information content (AvgIpc) is 2.65. The fourth-order valence-electron chi connectivity index (χ4n) is 5.20. The van der Waals surface area contributed by atoms with Crippen LogP contribution in [0.15, 0.2) is 0 Å². The summed E-state index contributed by atoms with van der Waals surface area (Å²) in [5.74, 6) is 1.36. The van der Waals surface area contributed by atoms with Gasteiger partial charge in [-0.2, -0.15) is 0 Å². The third-order valence-corrected chi connectivity index (χ3v) is 6.92. The van der Waals surface area contributed by atoms with Crippen molar-refractivity contribution in [3.05, 3.63) is 0 Å². The van der Waals surface area contributed by atoms with Crippen molar-refractivity contribution in [2.75, 3.05) is 6.61 Å². The second-order valence-electron chi connectivity index (χ2n) is 7.57. The van der Waals surface area contributed by atoms with E-state index in [9.17, 15) is 0 Å². The summed E-state index contributed by atoms with van der Waals surface area (Å²) in [5, 5.41) is 0. The van der Waals surface area contributed by atoms with Crippen LogP contribution in [0.25, 0.3) is 0 Å². The molecule has 3 fully saturated rings. The molecule has 104 valence electrons. The molecule has 3 rings (SSSR count). The maximum absolute atomic E-state index is 6.55. The molecule has 1 heterocycles. The minimum atomic E-state index is 0.0215. The minimum absolute atomic E-state index is 0.0215. The second kappa shape index (κ2) is 3.73. The average molecular weight is 252 g/mol. The third kappa shape index (κ3) is 1.27. The molecule has 1 saturated heterocycles. The molecule has 2 heteroatoms.